The highest BCUT2D eigenvalue weighted by Gasteiger charge is 2.31. The average Bonchev–Trinajstić information content (AvgIpc) is 2.82. The van der Waals surface area contributed by atoms with Crippen LogP contribution in [0, 0.1) is 0 Å². The van der Waals surface area contributed by atoms with E-state index in [0.717, 1.165) is 22.9 Å². The normalized spacial score (nSPS) is 24.1. The number of aromatic nitrogens is 2. The highest BCUT2D eigenvalue weighted by atomic mass is 31.3. The van der Waals surface area contributed by atoms with Gasteiger partial charge in [-0.2, -0.15) is 0 Å². The fraction of sp³-hybridized carbons (Fsp3) is 0.333. The molecule has 19 heteroatoms. The van der Waals surface area contributed by atoms with Crippen LogP contribution in [0.4, 0.5) is 0 Å². The first-order valence-electron chi connectivity index (χ1n) is 6.76. The van der Waals surface area contributed by atoms with Gasteiger partial charge in [-0.3, -0.25) is 27.8 Å². The number of nitrogens with zero attached hydrogens (tertiary/aromatic N) is 1. The molecule has 2 N–H and O–H groups in total. The van der Waals surface area contributed by atoms with Crippen molar-refractivity contribution in [2.45, 2.75) is 12.3 Å². The van der Waals surface area contributed by atoms with Gasteiger partial charge in [-0.25, -0.2) is 9.11 Å². The molecule has 0 bridgehead atoms. The van der Waals surface area contributed by atoms with Crippen LogP contribution in [0.5, 0.6) is 0 Å². The second-order valence-corrected chi connectivity index (χ2v) is 9.18. The Morgan fingerprint density at radius 1 is 1.14 bits per heavy atom. The molecule has 4 atom stereocenters. The van der Waals surface area contributed by atoms with E-state index in [4.69, 9.17) is 4.74 Å². The Balaban J connectivity index is 2.01. The third-order valence-corrected chi connectivity index (χ3v) is 6.46. The second kappa shape index (κ2) is 8.14. The summed E-state index contributed by atoms with van der Waals surface area (Å²) in [6.45, 7) is -1.04. The minimum Gasteiger partial charge on any atom is -0.790 e. The lowest BCUT2D eigenvalue weighted by atomic mass is 10.3. The molecule has 2 rings (SSSR count). The van der Waals surface area contributed by atoms with E-state index in [1.54, 1.807) is 0 Å². The standard InChI is InChI=1S/C9H13N2O14P3/c12-6-3-5(23-8(6)11-2-1-7(13)10-9(11)14)4-22-27(18,19)25-28(20,21)24-26(15,16)17/h1-3,6,8,12H,4H2,(H,18,19)(H,20,21)(H,10,13,14)(H2,15,16,17)/p-4/t6-,8-/m1/s1. The molecule has 0 aromatic carbocycles. The maximum absolute atomic E-state index is 11.7. The molecular weight excluding hydrogens is 453 g/mol. The van der Waals surface area contributed by atoms with E-state index in [2.05, 4.69) is 13.1 Å². The van der Waals surface area contributed by atoms with E-state index >= 15 is 0 Å². The average molecular weight is 462 g/mol. The fourth-order valence-electron chi connectivity index (χ4n) is 1.89. The summed E-state index contributed by atoms with van der Waals surface area (Å²) in [6, 6.07) is 0.947. The van der Waals surface area contributed by atoms with Crippen molar-refractivity contribution >= 4 is 23.5 Å². The predicted molar refractivity (Wildman–Crippen MR) is 76.5 cm³/mol. The van der Waals surface area contributed by atoms with Crippen LogP contribution in [0.25, 0.3) is 0 Å². The maximum Gasteiger partial charge on any atom is 0.331 e. The zero-order chi connectivity index (χ0) is 21.3. The number of H-pyrrole nitrogens is 1. The summed E-state index contributed by atoms with van der Waals surface area (Å²) in [5.41, 5.74) is -1.67. The van der Waals surface area contributed by atoms with Gasteiger partial charge in [0.1, 0.15) is 18.5 Å². The number of aliphatic hydroxyl groups is 1. The minimum atomic E-state index is -6.11. The molecule has 0 fully saturated rings. The fourth-order valence-corrected chi connectivity index (χ4v) is 4.72. The van der Waals surface area contributed by atoms with Gasteiger partial charge in [-0.15, -0.1) is 0 Å². The number of ether oxygens (including phenoxy) is 1. The second-order valence-electron chi connectivity index (χ2n) is 4.93. The molecule has 158 valence electrons. The van der Waals surface area contributed by atoms with Crippen LogP contribution in [-0.4, -0.2) is 27.4 Å². The Hall–Kier alpha value is -1.41. The third-order valence-electron chi connectivity index (χ3n) is 2.81. The van der Waals surface area contributed by atoms with Crippen molar-refractivity contribution in [3.63, 3.8) is 0 Å². The van der Waals surface area contributed by atoms with Crippen LogP contribution >= 0.6 is 23.5 Å². The van der Waals surface area contributed by atoms with Gasteiger partial charge in [0.05, 0.1) is 7.82 Å². The summed E-state index contributed by atoms with van der Waals surface area (Å²) < 4.78 is 49.0. The number of rotatable bonds is 8. The molecule has 0 saturated carbocycles. The van der Waals surface area contributed by atoms with Crippen molar-refractivity contribution in [3.8, 4) is 0 Å². The number of aliphatic hydroxyl groups excluding tert-OH is 1. The first kappa shape index (κ1) is 22.9. The zero-order valence-electron chi connectivity index (χ0n) is 13.1. The van der Waals surface area contributed by atoms with Gasteiger partial charge in [0.15, 0.2) is 0 Å². The lowest BCUT2D eigenvalue weighted by molar-refractivity contribution is -0.339. The summed E-state index contributed by atoms with van der Waals surface area (Å²) >= 11 is 0. The van der Waals surface area contributed by atoms with Crippen LogP contribution in [0.15, 0.2) is 33.7 Å². The van der Waals surface area contributed by atoms with Gasteiger partial charge in [0.25, 0.3) is 21.2 Å². The number of nitrogens with one attached hydrogen (secondary N) is 1. The molecule has 0 amide bonds. The minimum absolute atomic E-state index is 0.393. The van der Waals surface area contributed by atoms with E-state index in [1.165, 1.54) is 0 Å². The molecule has 0 saturated heterocycles. The monoisotopic (exact) mass is 462 g/mol. The Kier molecular flexibility index (Phi) is 6.65. The van der Waals surface area contributed by atoms with Crippen LogP contribution in [0.2, 0.25) is 0 Å². The van der Waals surface area contributed by atoms with E-state index in [0.29, 0.717) is 0 Å². The molecule has 1 aliphatic heterocycles. The van der Waals surface area contributed by atoms with E-state index < -0.39 is 59.4 Å². The first-order valence-corrected chi connectivity index (χ1v) is 11.1. The van der Waals surface area contributed by atoms with Crippen molar-refractivity contribution in [3.05, 3.63) is 44.9 Å². The summed E-state index contributed by atoms with van der Waals surface area (Å²) in [5.74, 6) is -0.393. The van der Waals surface area contributed by atoms with Gasteiger partial charge in [0.2, 0.25) is 6.23 Å². The number of phosphoric acid groups is 3. The van der Waals surface area contributed by atoms with Crippen LogP contribution in [-0.2, 0) is 31.6 Å². The number of hydrogen-bond acceptors (Lipinski definition) is 14. The van der Waals surface area contributed by atoms with E-state index in [9.17, 15) is 48.0 Å². The summed E-state index contributed by atoms with van der Waals surface area (Å²) in [4.78, 5) is 67.4. The predicted octanol–water partition coefficient (Wildman–Crippen LogP) is -3.87. The van der Waals surface area contributed by atoms with Gasteiger partial charge < -0.3 is 38.5 Å². The summed E-state index contributed by atoms with van der Waals surface area (Å²) in [7, 11) is -18.0. The van der Waals surface area contributed by atoms with Gasteiger partial charge >= 0.3 is 5.69 Å². The highest BCUT2D eigenvalue weighted by molar-refractivity contribution is 7.64. The maximum atomic E-state index is 11.7. The SMILES string of the molecule is O=c1ccn([C@@H]2OC(COP(=O)([O-])OP(=O)([O-])OP(=O)([O-])[O-])=C[C@H]2O)c(=O)[nH]1. The molecule has 28 heavy (non-hydrogen) atoms. The Morgan fingerprint density at radius 2 is 1.79 bits per heavy atom. The number of hydrogen-bond donors (Lipinski definition) is 2. The Bertz CT molecular complexity index is 1020. The first-order chi connectivity index (χ1) is 12.7. The number of phosphoric ester groups is 1. The molecule has 2 heterocycles. The molecular formula is C9H9N2O14P3-4. The quantitative estimate of drug-likeness (QED) is 0.350. The Labute approximate surface area is 154 Å². The third kappa shape index (κ3) is 6.58. The van der Waals surface area contributed by atoms with Crippen LogP contribution in [0.3, 0.4) is 0 Å². The zero-order valence-corrected chi connectivity index (χ0v) is 15.8. The molecule has 2 unspecified atom stereocenters. The molecule has 0 aliphatic carbocycles. The van der Waals surface area contributed by atoms with E-state index in [1.807, 2.05) is 4.98 Å². The molecule has 1 aromatic rings. The van der Waals surface area contributed by atoms with Crippen molar-refractivity contribution in [1.82, 2.24) is 9.55 Å². The molecule has 0 radical (unpaired) electrons. The highest BCUT2D eigenvalue weighted by Crippen LogP contribution is 2.60. The summed E-state index contributed by atoms with van der Waals surface area (Å²) in [5, 5.41) is 9.85. The lowest BCUT2D eigenvalue weighted by Gasteiger charge is -2.37. The van der Waals surface area contributed by atoms with Gasteiger partial charge in [-0.05, 0) is 6.08 Å². The lowest BCUT2D eigenvalue weighted by Crippen LogP contribution is -2.35. The van der Waals surface area contributed by atoms with Crippen molar-refractivity contribution < 1.29 is 56.3 Å². The summed E-state index contributed by atoms with van der Waals surface area (Å²) in [6.07, 6.45) is -1.01. The van der Waals surface area contributed by atoms with Crippen LogP contribution < -0.4 is 30.8 Å². The van der Waals surface area contributed by atoms with Crippen molar-refractivity contribution in [2.75, 3.05) is 6.61 Å². The largest absolute Gasteiger partial charge is 0.790 e. The topological polar surface area (TPSA) is 255 Å². The van der Waals surface area contributed by atoms with Crippen LogP contribution in [0.1, 0.15) is 6.23 Å². The molecule has 1 aromatic heterocycles. The van der Waals surface area contributed by atoms with Gasteiger partial charge in [0, 0.05) is 12.3 Å². The smallest absolute Gasteiger partial charge is 0.331 e. The Morgan fingerprint density at radius 3 is 2.36 bits per heavy atom. The van der Waals surface area contributed by atoms with E-state index in [-0.39, 0.29) is 0 Å². The number of aromatic amines is 1. The molecule has 16 nitrogen and oxygen atoms in total. The van der Waals surface area contributed by atoms with Crippen molar-refractivity contribution in [1.29, 1.82) is 0 Å². The molecule has 0 spiro atoms. The molecule has 1 aliphatic rings. The van der Waals surface area contributed by atoms with Gasteiger partial charge in [-0.1, -0.05) is 0 Å². The van der Waals surface area contributed by atoms with Crippen molar-refractivity contribution in [2.24, 2.45) is 0 Å².